The third kappa shape index (κ3) is 3.44. The van der Waals surface area contributed by atoms with E-state index in [1.54, 1.807) is 28.7 Å². The first-order valence-corrected chi connectivity index (χ1v) is 7.65. The van der Waals surface area contributed by atoms with Crippen LogP contribution in [0.5, 0.6) is 0 Å². The van der Waals surface area contributed by atoms with E-state index < -0.39 is 10.0 Å². The normalized spacial score (nSPS) is 11.9. The molecule has 0 aliphatic heterocycles. The lowest BCUT2D eigenvalue weighted by molar-refractivity contribution is 0.573. The SMILES string of the molecule is CNCCn1cc(S(=O)(=O)NCc2ccnn2C)cn1. The third-order valence-corrected chi connectivity index (χ3v) is 4.23. The number of nitrogens with zero attached hydrogens (tertiary/aromatic N) is 4. The highest BCUT2D eigenvalue weighted by atomic mass is 32.2. The Balaban J connectivity index is 2.03. The Hall–Kier alpha value is -1.71. The Morgan fingerprint density at radius 3 is 2.80 bits per heavy atom. The molecule has 0 saturated carbocycles. The number of aryl methyl sites for hydroxylation is 1. The second-order valence-electron chi connectivity index (χ2n) is 4.31. The average molecular weight is 298 g/mol. The third-order valence-electron chi connectivity index (χ3n) is 2.88. The molecule has 9 heteroatoms. The zero-order valence-corrected chi connectivity index (χ0v) is 12.3. The summed E-state index contributed by atoms with van der Waals surface area (Å²) in [4.78, 5) is 0.163. The van der Waals surface area contributed by atoms with E-state index in [0.717, 1.165) is 12.2 Å². The Labute approximate surface area is 117 Å². The molecule has 2 aromatic heterocycles. The van der Waals surface area contributed by atoms with Gasteiger partial charge in [-0.05, 0) is 13.1 Å². The molecule has 0 spiro atoms. The van der Waals surface area contributed by atoms with Gasteiger partial charge in [0.15, 0.2) is 0 Å². The maximum atomic E-state index is 12.1. The first kappa shape index (κ1) is 14.7. The predicted molar refractivity (Wildman–Crippen MR) is 73.4 cm³/mol. The highest BCUT2D eigenvalue weighted by molar-refractivity contribution is 7.89. The molecule has 0 aliphatic carbocycles. The van der Waals surface area contributed by atoms with Gasteiger partial charge in [-0.3, -0.25) is 9.36 Å². The number of hydrogen-bond acceptors (Lipinski definition) is 5. The van der Waals surface area contributed by atoms with Gasteiger partial charge >= 0.3 is 0 Å². The lowest BCUT2D eigenvalue weighted by atomic mass is 10.4. The standard InChI is InChI=1S/C11H18N6O2S/c1-12-5-6-17-9-11(8-14-17)20(18,19)15-7-10-3-4-13-16(10)2/h3-4,8-9,12,15H,5-7H2,1-2H3. The van der Waals surface area contributed by atoms with Gasteiger partial charge in [-0.1, -0.05) is 0 Å². The topological polar surface area (TPSA) is 93.8 Å². The van der Waals surface area contributed by atoms with E-state index in [2.05, 4.69) is 20.2 Å². The molecule has 2 heterocycles. The van der Waals surface area contributed by atoms with E-state index in [1.165, 1.54) is 12.4 Å². The first-order valence-electron chi connectivity index (χ1n) is 6.16. The van der Waals surface area contributed by atoms with Gasteiger partial charge in [0, 0.05) is 26.0 Å². The molecule has 2 rings (SSSR count). The van der Waals surface area contributed by atoms with E-state index in [0.29, 0.717) is 6.54 Å². The lowest BCUT2D eigenvalue weighted by Gasteiger charge is -2.05. The van der Waals surface area contributed by atoms with E-state index in [1.807, 2.05) is 7.05 Å². The molecule has 2 N–H and O–H groups in total. The zero-order valence-electron chi connectivity index (χ0n) is 11.4. The summed E-state index contributed by atoms with van der Waals surface area (Å²) in [6.07, 6.45) is 4.49. The van der Waals surface area contributed by atoms with Gasteiger partial charge in [-0.15, -0.1) is 0 Å². The number of sulfonamides is 1. The summed E-state index contributed by atoms with van der Waals surface area (Å²) < 4.78 is 30.0. The molecule has 8 nitrogen and oxygen atoms in total. The highest BCUT2D eigenvalue weighted by Crippen LogP contribution is 2.08. The minimum absolute atomic E-state index is 0.163. The molecule has 0 unspecified atom stereocenters. The smallest absolute Gasteiger partial charge is 0.244 e. The van der Waals surface area contributed by atoms with Crippen molar-refractivity contribution in [3.05, 3.63) is 30.4 Å². The maximum absolute atomic E-state index is 12.1. The van der Waals surface area contributed by atoms with Crippen molar-refractivity contribution in [2.45, 2.75) is 18.0 Å². The van der Waals surface area contributed by atoms with E-state index in [9.17, 15) is 8.42 Å². The van der Waals surface area contributed by atoms with Crippen LogP contribution in [0.1, 0.15) is 5.69 Å². The molecule has 0 amide bonds. The predicted octanol–water partition coefficient (Wildman–Crippen LogP) is -0.685. The van der Waals surface area contributed by atoms with E-state index in [4.69, 9.17) is 0 Å². The molecule has 0 aromatic carbocycles. The van der Waals surface area contributed by atoms with Crippen molar-refractivity contribution in [1.82, 2.24) is 29.6 Å². The van der Waals surface area contributed by atoms with Crippen molar-refractivity contribution < 1.29 is 8.42 Å². The van der Waals surface area contributed by atoms with Gasteiger partial charge < -0.3 is 5.32 Å². The largest absolute Gasteiger partial charge is 0.318 e. The van der Waals surface area contributed by atoms with Crippen LogP contribution >= 0.6 is 0 Å². The molecule has 2 aromatic rings. The Kier molecular flexibility index (Phi) is 4.53. The second kappa shape index (κ2) is 6.16. The molecule has 0 atom stereocenters. The fourth-order valence-electron chi connectivity index (χ4n) is 1.66. The maximum Gasteiger partial charge on any atom is 0.244 e. The minimum Gasteiger partial charge on any atom is -0.318 e. The molecule has 0 fully saturated rings. The summed E-state index contributed by atoms with van der Waals surface area (Å²) >= 11 is 0. The van der Waals surface area contributed by atoms with Crippen molar-refractivity contribution in [1.29, 1.82) is 0 Å². The number of aromatic nitrogens is 4. The number of likely N-dealkylation sites (N-methyl/N-ethyl adjacent to an activating group) is 1. The fourth-order valence-corrected chi connectivity index (χ4v) is 2.61. The highest BCUT2D eigenvalue weighted by Gasteiger charge is 2.16. The number of rotatable bonds is 7. The summed E-state index contributed by atoms with van der Waals surface area (Å²) in [5.74, 6) is 0. The van der Waals surface area contributed by atoms with Crippen LogP contribution in [0.2, 0.25) is 0 Å². The quantitative estimate of drug-likeness (QED) is 0.706. The summed E-state index contributed by atoms with van der Waals surface area (Å²) in [5, 5.41) is 11.0. The lowest BCUT2D eigenvalue weighted by Crippen LogP contribution is -2.24. The van der Waals surface area contributed by atoms with Crippen molar-refractivity contribution >= 4 is 10.0 Å². The summed E-state index contributed by atoms with van der Waals surface area (Å²) in [6.45, 7) is 1.54. The fraction of sp³-hybridized carbons (Fsp3) is 0.455. The summed E-state index contributed by atoms with van der Waals surface area (Å²) in [7, 11) is 0.0411. The number of hydrogen-bond donors (Lipinski definition) is 2. The Bertz CT molecular complexity index is 660. The monoisotopic (exact) mass is 298 g/mol. The summed E-state index contributed by atoms with van der Waals surface area (Å²) in [5.41, 5.74) is 0.788. The molecule has 110 valence electrons. The first-order chi connectivity index (χ1) is 9.53. The van der Waals surface area contributed by atoms with Crippen LogP contribution in [0.3, 0.4) is 0 Å². The van der Waals surface area contributed by atoms with Crippen LogP contribution in [0.25, 0.3) is 0 Å². The van der Waals surface area contributed by atoms with E-state index in [-0.39, 0.29) is 11.4 Å². The Morgan fingerprint density at radius 2 is 2.15 bits per heavy atom. The van der Waals surface area contributed by atoms with Crippen LogP contribution < -0.4 is 10.0 Å². The molecule has 0 aliphatic rings. The van der Waals surface area contributed by atoms with Crippen LogP contribution in [-0.2, 0) is 30.2 Å². The molecule has 0 saturated heterocycles. The zero-order chi connectivity index (χ0) is 14.6. The molecular formula is C11H18N6O2S. The van der Waals surface area contributed by atoms with Gasteiger partial charge in [0.25, 0.3) is 0 Å². The van der Waals surface area contributed by atoms with Gasteiger partial charge in [0.05, 0.1) is 25.0 Å². The van der Waals surface area contributed by atoms with Crippen LogP contribution in [0, 0.1) is 0 Å². The minimum atomic E-state index is -3.55. The molecular weight excluding hydrogens is 280 g/mol. The molecule has 0 radical (unpaired) electrons. The van der Waals surface area contributed by atoms with Gasteiger partial charge in [-0.25, -0.2) is 13.1 Å². The van der Waals surface area contributed by atoms with Crippen LogP contribution in [0.15, 0.2) is 29.6 Å². The summed E-state index contributed by atoms with van der Waals surface area (Å²) in [6, 6.07) is 1.76. The van der Waals surface area contributed by atoms with Crippen molar-refractivity contribution in [2.24, 2.45) is 7.05 Å². The van der Waals surface area contributed by atoms with Gasteiger partial charge in [0.1, 0.15) is 4.90 Å². The average Bonchev–Trinajstić information content (AvgIpc) is 3.03. The van der Waals surface area contributed by atoms with Gasteiger partial charge in [0.2, 0.25) is 10.0 Å². The Morgan fingerprint density at radius 1 is 1.35 bits per heavy atom. The molecule has 0 bridgehead atoms. The van der Waals surface area contributed by atoms with Crippen molar-refractivity contribution in [2.75, 3.05) is 13.6 Å². The van der Waals surface area contributed by atoms with Crippen molar-refractivity contribution in [3.63, 3.8) is 0 Å². The van der Waals surface area contributed by atoms with Crippen LogP contribution in [-0.4, -0.2) is 41.6 Å². The van der Waals surface area contributed by atoms with Crippen LogP contribution in [0.4, 0.5) is 0 Å². The van der Waals surface area contributed by atoms with Crippen molar-refractivity contribution in [3.8, 4) is 0 Å². The number of nitrogens with one attached hydrogen (secondary N) is 2. The second-order valence-corrected chi connectivity index (χ2v) is 6.08. The van der Waals surface area contributed by atoms with Gasteiger partial charge in [-0.2, -0.15) is 10.2 Å². The van der Waals surface area contributed by atoms with E-state index >= 15 is 0 Å². The molecule has 20 heavy (non-hydrogen) atoms.